The lowest BCUT2D eigenvalue weighted by atomic mass is 10.1. The third-order valence-electron chi connectivity index (χ3n) is 2.66. The minimum Gasteiger partial charge on any atom is -0.493 e. The fourth-order valence-corrected chi connectivity index (χ4v) is 2.19. The molecule has 0 unspecified atom stereocenters. The van der Waals surface area contributed by atoms with Crippen molar-refractivity contribution in [2.75, 3.05) is 19.8 Å². The van der Waals surface area contributed by atoms with E-state index in [0.717, 1.165) is 23.3 Å². The highest BCUT2D eigenvalue weighted by Gasteiger charge is 2.17. The molecule has 0 atom stereocenters. The summed E-state index contributed by atoms with van der Waals surface area (Å²) in [7, 11) is 0. The zero-order chi connectivity index (χ0) is 13.0. The van der Waals surface area contributed by atoms with Gasteiger partial charge in [0.1, 0.15) is 12.4 Å². The molecule has 0 radical (unpaired) electrons. The summed E-state index contributed by atoms with van der Waals surface area (Å²) in [5, 5.41) is 3.86. The molecule has 98 valence electrons. The van der Waals surface area contributed by atoms with Crippen LogP contribution in [0.2, 0.25) is 5.02 Å². The van der Waals surface area contributed by atoms with Crippen LogP contribution in [0.15, 0.2) is 12.1 Å². The van der Waals surface area contributed by atoms with Crippen molar-refractivity contribution in [2.45, 2.75) is 13.0 Å². The van der Waals surface area contributed by atoms with Crippen molar-refractivity contribution >= 4 is 17.7 Å². The molecular weight excluding hydrogens is 256 g/mol. The predicted molar refractivity (Wildman–Crippen MR) is 67.9 cm³/mol. The van der Waals surface area contributed by atoms with E-state index < -0.39 is 6.09 Å². The molecule has 1 aromatic rings. The number of ether oxygens (including phenoxy) is 2. The molecule has 0 saturated heterocycles. The summed E-state index contributed by atoms with van der Waals surface area (Å²) in [6, 6.07) is 3.82. The number of hydrogen-bond acceptors (Lipinski definition) is 4. The average Bonchev–Trinajstić information content (AvgIpc) is 2.75. The molecule has 0 bridgehead atoms. The largest absolute Gasteiger partial charge is 0.493 e. The van der Waals surface area contributed by atoms with Gasteiger partial charge in [-0.3, -0.25) is 0 Å². The molecule has 1 aliphatic heterocycles. The van der Waals surface area contributed by atoms with E-state index in [1.807, 2.05) is 12.1 Å². The maximum atomic E-state index is 10.4. The minimum absolute atomic E-state index is 0.249. The summed E-state index contributed by atoms with van der Waals surface area (Å²) in [6.45, 7) is 2.10. The maximum Gasteiger partial charge on any atom is 0.404 e. The first kappa shape index (κ1) is 13.0. The second kappa shape index (κ2) is 5.93. The molecule has 0 spiro atoms. The Morgan fingerprint density at radius 2 is 2.39 bits per heavy atom. The van der Waals surface area contributed by atoms with Crippen LogP contribution in [0.4, 0.5) is 4.79 Å². The Bertz CT molecular complexity index is 451. The van der Waals surface area contributed by atoms with Crippen LogP contribution < -0.4 is 15.8 Å². The molecule has 0 aliphatic carbocycles. The van der Waals surface area contributed by atoms with E-state index in [4.69, 9.17) is 22.1 Å². The van der Waals surface area contributed by atoms with Crippen LogP contribution in [0.1, 0.15) is 11.1 Å². The van der Waals surface area contributed by atoms with Crippen molar-refractivity contribution in [3.63, 3.8) is 0 Å². The van der Waals surface area contributed by atoms with Crippen molar-refractivity contribution in [3.05, 3.63) is 28.3 Å². The van der Waals surface area contributed by atoms with Gasteiger partial charge in [-0.1, -0.05) is 11.6 Å². The number of carbonyl (C=O) groups excluding carboxylic acids is 1. The fourth-order valence-electron chi connectivity index (χ4n) is 1.92. The number of halogens is 1. The summed E-state index contributed by atoms with van der Waals surface area (Å²) >= 11 is 6.04. The third kappa shape index (κ3) is 3.27. The van der Waals surface area contributed by atoms with Gasteiger partial charge in [-0.25, -0.2) is 4.79 Å². The van der Waals surface area contributed by atoms with E-state index in [9.17, 15) is 4.79 Å². The van der Waals surface area contributed by atoms with Crippen molar-refractivity contribution in [3.8, 4) is 5.75 Å². The van der Waals surface area contributed by atoms with Crippen LogP contribution in [0.5, 0.6) is 5.75 Å². The maximum absolute atomic E-state index is 10.4. The minimum atomic E-state index is -0.760. The number of fused-ring (bicyclic) bond motifs is 1. The first-order chi connectivity index (χ1) is 8.66. The summed E-state index contributed by atoms with van der Waals surface area (Å²) in [5.74, 6) is 0.919. The summed E-state index contributed by atoms with van der Waals surface area (Å²) in [6.07, 6.45) is 0.136. The van der Waals surface area contributed by atoms with E-state index in [1.54, 1.807) is 0 Å². The molecule has 1 heterocycles. The molecule has 1 aliphatic rings. The van der Waals surface area contributed by atoms with Crippen molar-refractivity contribution in [1.82, 2.24) is 5.32 Å². The van der Waals surface area contributed by atoms with Crippen LogP contribution in [0.3, 0.4) is 0 Å². The molecule has 2 rings (SSSR count). The molecule has 18 heavy (non-hydrogen) atoms. The van der Waals surface area contributed by atoms with Gasteiger partial charge in [-0.05, 0) is 17.7 Å². The number of carbonyl (C=O) groups is 1. The SMILES string of the molecule is NC(=O)OCCNCc1cc(Cl)cc2c1OCC2. The lowest BCUT2D eigenvalue weighted by molar-refractivity contribution is 0.157. The average molecular weight is 271 g/mol. The Kier molecular flexibility index (Phi) is 4.28. The number of benzene rings is 1. The van der Waals surface area contributed by atoms with Crippen molar-refractivity contribution < 1.29 is 14.3 Å². The third-order valence-corrected chi connectivity index (χ3v) is 2.88. The van der Waals surface area contributed by atoms with Gasteiger partial charge in [0.05, 0.1) is 6.61 Å². The fraction of sp³-hybridized carbons (Fsp3) is 0.417. The number of amides is 1. The van der Waals surface area contributed by atoms with Crippen LogP contribution >= 0.6 is 11.6 Å². The summed E-state index contributed by atoms with van der Waals surface area (Å²) in [4.78, 5) is 10.4. The lowest BCUT2D eigenvalue weighted by Crippen LogP contribution is -2.23. The quantitative estimate of drug-likeness (QED) is 0.795. The standard InChI is InChI=1S/C12H15ClN2O3/c13-10-5-8-1-3-17-11(8)9(6-10)7-15-2-4-18-12(14)16/h5-6,15H,1-4,7H2,(H2,14,16). The molecule has 6 heteroatoms. The molecule has 1 amide bonds. The summed E-state index contributed by atoms with van der Waals surface area (Å²) in [5.41, 5.74) is 7.02. The number of nitrogens with one attached hydrogen (secondary N) is 1. The van der Waals surface area contributed by atoms with Crippen LogP contribution in [0.25, 0.3) is 0 Å². The van der Waals surface area contributed by atoms with Gasteiger partial charge < -0.3 is 20.5 Å². The first-order valence-corrected chi connectivity index (χ1v) is 6.11. The van der Waals surface area contributed by atoms with Gasteiger partial charge in [-0.2, -0.15) is 0 Å². The van der Waals surface area contributed by atoms with Gasteiger partial charge in [0.2, 0.25) is 0 Å². The highest BCUT2D eigenvalue weighted by atomic mass is 35.5. The number of nitrogens with two attached hydrogens (primary N) is 1. The monoisotopic (exact) mass is 270 g/mol. The Morgan fingerprint density at radius 3 is 3.17 bits per heavy atom. The van der Waals surface area contributed by atoms with E-state index >= 15 is 0 Å². The van der Waals surface area contributed by atoms with Gasteiger partial charge >= 0.3 is 6.09 Å². The predicted octanol–water partition coefficient (Wildman–Crippen LogP) is 1.46. The van der Waals surface area contributed by atoms with E-state index in [0.29, 0.717) is 24.7 Å². The van der Waals surface area contributed by atoms with E-state index in [-0.39, 0.29) is 6.61 Å². The highest BCUT2D eigenvalue weighted by Crippen LogP contribution is 2.32. The van der Waals surface area contributed by atoms with Gasteiger partial charge in [0, 0.05) is 30.1 Å². The van der Waals surface area contributed by atoms with Gasteiger partial charge in [0.25, 0.3) is 0 Å². The second-order valence-corrected chi connectivity index (χ2v) is 4.43. The molecule has 0 fully saturated rings. The Balaban J connectivity index is 1.88. The molecule has 0 aromatic heterocycles. The van der Waals surface area contributed by atoms with E-state index in [1.165, 1.54) is 0 Å². The molecular formula is C12H15ClN2O3. The van der Waals surface area contributed by atoms with E-state index in [2.05, 4.69) is 10.1 Å². The topological polar surface area (TPSA) is 73.6 Å². The number of hydrogen-bond donors (Lipinski definition) is 2. The Labute approximate surface area is 110 Å². The summed E-state index contributed by atoms with van der Waals surface area (Å²) < 4.78 is 10.2. The number of rotatable bonds is 5. The van der Waals surface area contributed by atoms with Crippen molar-refractivity contribution in [1.29, 1.82) is 0 Å². The lowest BCUT2D eigenvalue weighted by Gasteiger charge is -2.10. The zero-order valence-corrected chi connectivity index (χ0v) is 10.6. The molecule has 3 N–H and O–H groups in total. The molecule has 0 saturated carbocycles. The second-order valence-electron chi connectivity index (χ2n) is 4.00. The Morgan fingerprint density at radius 1 is 1.56 bits per heavy atom. The zero-order valence-electron chi connectivity index (χ0n) is 9.87. The first-order valence-electron chi connectivity index (χ1n) is 5.74. The molecule has 5 nitrogen and oxygen atoms in total. The van der Waals surface area contributed by atoms with Crippen LogP contribution in [-0.4, -0.2) is 25.9 Å². The van der Waals surface area contributed by atoms with Crippen molar-refractivity contribution in [2.24, 2.45) is 5.73 Å². The van der Waals surface area contributed by atoms with Crippen LogP contribution in [0, 0.1) is 0 Å². The normalized spacial score (nSPS) is 12.9. The smallest absolute Gasteiger partial charge is 0.404 e. The Hall–Kier alpha value is -1.46. The van der Waals surface area contributed by atoms with Gasteiger partial charge in [-0.15, -0.1) is 0 Å². The molecule has 1 aromatic carbocycles. The van der Waals surface area contributed by atoms with Gasteiger partial charge in [0.15, 0.2) is 0 Å². The number of primary amides is 1. The van der Waals surface area contributed by atoms with Crippen LogP contribution in [-0.2, 0) is 17.7 Å². The highest BCUT2D eigenvalue weighted by molar-refractivity contribution is 6.30.